The van der Waals surface area contributed by atoms with Crippen molar-refractivity contribution in [2.75, 3.05) is 11.9 Å². The maximum atomic E-state index is 12.3. The molecule has 2 N–H and O–H groups in total. The van der Waals surface area contributed by atoms with Crippen LogP contribution < -0.4 is 10.0 Å². The van der Waals surface area contributed by atoms with Crippen LogP contribution in [0.1, 0.15) is 30.6 Å². The minimum absolute atomic E-state index is 0.0748. The fraction of sp³-hybridized carbons (Fsp3) is 0.250. The molecule has 8 nitrogen and oxygen atoms in total. The number of Topliss-reactive ketones (excluding diaryl/α,β-unsaturated/α-hetero) is 1. The molecule has 0 bridgehead atoms. The molecule has 0 fully saturated rings. The second-order valence-corrected chi connectivity index (χ2v) is 7.99. The summed E-state index contributed by atoms with van der Waals surface area (Å²) in [6.45, 7) is 2.55. The zero-order valence-corrected chi connectivity index (χ0v) is 16.9. The van der Waals surface area contributed by atoms with Crippen molar-refractivity contribution in [3.8, 4) is 0 Å². The van der Waals surface area contributed by atoms with Crippen LogP contribution in [0, 0.1) is 0 Å². The molecule has 154 valence electrons. The van der Waals surface area contributed by atoms with E-state index in [4.69, 9.17) is 4.74 Å². The largest absolute Gasteiger partial charge is 0.452 e. The van der Waals surface area contributed by atoms with Crippen LogP contribution >= 0.6 is 0 Å². The first-order valence-corrected chi connectivity index (χ1v) is 10.3. The summed E-state index contributed by atoms with van der Waals surface area (Å²) < 4.78 is 31.9. The molecule has 0 unspecified atom stereocenters. The molecule has 0 radical (unpaired) electrons. The molecule has 0 heterocycles. The highest BCUT2D eigenvalue weighted by Crippen LogP contribution is 2.12. The second kappa shape index (κ2) is 9.94. The molecule has 0 aliphatic heterocycles. The van der Waals surface area contributed by atoms with E-state index in [1.807, 2.05) is 0 Å². The molecular formula is C20H22N2O6S. The van der Waals surface area contributed by atoms with Crippen LogP contribution in [0.25, 0.3) is 0 Å². The van der Waals surface area contributed by atoms with Crippen molar-refractivity contribution in [3.05, 3.63) is 60.2 Å². The van der Waals surface area contributed by atoms with Gasteiger partial charge in [-0.25, -0.2) is 13.1 Å². The van der Waals surface area contributed by atoms with Gasteiger partial charge in [0.2, 0.25) is 10.0 Å². The summed E-state index contributed by atoms with van der Waals surface area (Å²) in [7, 11) is -3.89. The van der Waals surface area contributed by atoms with Crippen molar-refractivity contribution in [3.63, 3.8) is 0 Å². The zero-order valence-electron chi connectivity index (χ0n) is 16.0. The van der Waals surface area contributed by atoms with Gasteiger partial charge in [0.25, 0.3) is 5.91 Å². The molecule has 0 saturated carbocycles. The fourth-order valence-corrected chi connectivity index (χ4v) is 3.41. The Morgan fingerprint density at radius 3 is 2.38 bits per heavy atom. The zero-order chi connectivity index (χ0) is 21.4. The van der Waals surface area contributed by atoms with Crippen molar-refractivity contribution >= 4 is 33.4 Å². The maximum absolute atomic E-state index is 12.3. The number of benzene rings is 2. The van der Waals surface area contributed by atoms with Gasteiger partial charge in [-0.15, -0.1) is 0 Å². The predicted octanol–water partition coefficient (Wildman–Crippen LogP) is 2.13. The van der Waals surface area contributed by atoms with Gasteiger partial charge < -0.3 is 10.1 Å². The Morgan fingerprint density at radius 1 is 1.03 bits per heavy atom. The van der Waals surface area contributed by atoms with E-state index in [9.17, 15) is 22.8 Å². The third-order valence-corrected chi connectivity index (χ3v) is 5.35. The number of carbonyl (C=O) groups excluding carboxylic acids is 3. The lowest BCUT2D eigenvalue weighted by molar-refractivity contribution is -0.152. The van der Waals surface area contributed by atoms with Crippen LogP contribution in [0.4, 0.5) is 5.69 Å². The van der Waals surface area contributed by atoms with Gasteiger partial charge in [0.15, 0.2) is 11.9 Å². The van der Waals surface area contributed by atoms with Crippen LogP contribution in [0.15, 0.2) is 59.5 Å². The Labute approximate surface area is 169 Å². The van der Waals surface area contributed by atoms with Crippen molar-refractivity contribution < 1.29 is 27.5 Å². The Kier molecular flexibility index (Phi) is 7.63. The molecule has 2 aromatic carbocycles. The Balaban J connectivity index is 1.83. The first kappa shape index (κ1) is 22.3. The van der Waals surface area contributed by atoms with Crippen LogP contribution in [0.3, 0.4) is 0 Å². The van der Waals surface area contributed by atoms with Gasteiger partial charge in [-0.1, -0.05) is 30.3 Å². The minimum atomic E-state index is -3.89. The minimum Gasteiger partial charge on any atom is -0.452 e. The third-order valence-electron chi connectivity index (χ3n) is 3.89. The Morgan fingerprint density at radius 2 is 1.72 bits per heavy atom. The number of nitrogens with one attached hydrogen (secondary N) is 2. The molecule has 0 saturated heterocycles. The fourth-order valence-electron chi connectivity index (χ4n) is 2.33. The number of ketones is 1. The normalized spacial score (nSPS) is 12.1. The number of para-hydroxylation sites is 1. The van der Waals surface area contributed by atoms with Crippen molar-refractivity contribution in [2.45, 2.75) is 31.3 Å². The quantitative estimate of drug-likeness (QED) is 0.476. The lowest BCUT2D eigenvalue weighted by atomic mass is 10.2. The summed E-state index contributed by atoms with van der Waals surface area (Å²) in [6.07, 6.45) is -1.29. The average molecular weight is 418 g/mol. The lowest BCUT2D eigenvalue weighted by Crippen LogP contribution is -2.32. The average Bonchev–Trinajstić information content (AvgIpc) is 2.68. The van der Waals surface area contributed by atoms with Gasteiger partial charge in [0.1, 0.15) is 0 Å². The standard InChI is InChI=1S/C20H22N2O6S/c1-14(23)16-7-6-10-18(13-16)29(26,27)21-12-11-19(24)28-15(2)20(25)22-17-8-4-3-5-9-17/h3-10,13,15,21H,11-12H2,1-2H3,(H,22,25)/t15-/m1/s1. The topological polar surface area (TPSA) is 119 Å². The molecule has 9 heteroatoms. The molecule has 0 spiro atoms. The van der Waals surface area contributed by atoms with Crippen molar-refractivity contribution in [2.24, 2.45) is 0 Å². The van der Waals surface area contributed by atoms with Crippen molar-refractivity contribution in [1.82, 2.24) is 4.72 Å². The molecule has 0 aromatic heterocycles. The molecule has 2 rings (SSSR count). The summed E-state index contributed by atoms with van der Waals surface area (Å²) in [5.41, 5.74) is 0.839. The van der Waals surface area contributed by atoms with E-state index < -0.39 is 28.0 Å². The highest BCUT2D eigenvalue weighted by atomic mass is 32.2. The smallest absolute Gasteiger partial charge is 0.307 e. The van der Waals surface area contributed by atoms with E-state index in [1.165, 1.54) is 38.1 Å². The molecule has 0 aliphatic carbocycles. The first-order chi connectivity index (χ1) is 13.7. The van der Waals surface area contributed by atoms with E-state index >= 15 is 0 Å². The molecule has 1 amide bonds. The number of sulfonamides is 1. The maximum Gasteiger partial charge on any atom is 0.307 e. The number of esters is 1. The van der Waals surface area contributed by atoms with Crippen molar-refractivity contribution in [1.29, 1.82) is 0 Å². The highest BCUT2D eigenvalue weighted by molar-refractivity contribution is 7.89. The predicted molar refractivity (Wildman–Crippen MR) is 107 cm³/mol. The monoisotopic (exact) mass is 418 g/mol. The highest BCUT2D eigenvalue weighted by Gasteiger charge is 2.19. The Bertz CT molecular complexity index is 989. The number of rotatable bonds is 9. The summed E-state index contributed by atoms with van der Waals surface area (Å²) in [6, 6.07) is 14.3. The van der Waals surface area contributed by atoms with Gasteiger partial charge in [-0.3, -0.25) is 14.4 Å². The van der Waals surface area contributed by atoms with E-state index in [-0.39, 0.29) is 29.2 Å². The lowest BCUT2D eigenvalue weighted by Gasteiger charge is -2.14. The van der Waals surface area contributed by atoms with E-state index in [1.54, 1.807) is 30.3 Å². The van der Waals surface area contributed by atoms with Crippen LogP contribution in [0.5, 0.6) is 0 Å². The summed E-state index contributed by atoms with van der Waals surface area (Å²) in [4.78, 5) is 35.2. The molecule has 2 aromatic rings. The summed E-state index contributed by atoms with van der Waals surface area (Å²) in [5, 5.41) is 2.61. The number of carbonyl (C=O) groups is 3. The van der Waals surface area contributed by atoms with Crippen LogP contribution in [-0.4, -0.2) is 38.7 Å². The second-order valence-electron chi connectivity index (χ2n) is 6.22. The first-order valence-electron chi connectivity index (χ1n) is 8.85. The number of hydrogen-bond donors (Lipinski definition) is 2. The summed E-state index contributed by atoms with van der Waals surface area (Å²) in [5.74, 6) is -1.47. The SMILES string of the molecule is CC(=O)c1cccc(S(=O)(=O)NCCC(=O)O[C@H](C)C(=O)Nc2ccccc2)c1. The summed E-state index contributed by atoms with van der Waals surface area (Å²) >= 11 is 0. The molecular weight excluding hydrogens is 396 g/mol. The van der Waals surface area contributed by atoms with Gasteiger partial charge in [0, 0.05) is 17.8 Å². The molecule has 29 heavy (non-hydrogen) atoms. The van der Waals surface area contributed by atoms with Crippen LogP contribution in [-0.2, 0) is 24.3 Å². The number of amides is 1. The number of hydrogen-bond acceptors (Lipinski definition) is 6. The van der Waals surface area contributed by atoms with Gasteiger partial charge in [-0.2, -0.15) is 0 Å². The molecule has 0 aliphatic rings. The van der Waals surface area contributed by atoms with E-state index in [0.717, 1.165) is 0 Å². The third kappa shape index (κ3) is 6.81. The van der Waals surface area contributed by atoms with Gasteiger partial charge in [0.05, 0.1) is 11.3 Å². The number of ether oxygens (including phenoxy) is 1. The molecule has 1 atom stereocenters. The Hall–Kier alpha value is -3.04. The van der Waals surface area contributed by atoms with Crippen LogP contribution in [0.2, 0.25) is 0 Å². The van der Waals surface area contributed by atoms with E-state index in [2.05, 4.69) is 10.0 Å². The number of anilines is 1. The van der Waals surface area contributed by atoms with Gasteiger partial charge >= 0.3 is 5.97 Å². The van der Waals surface area contributed by atoms with E-state index in [0.29, 0.717) is 5.69 Å². The van der Waals surface area contributed by atoms with Gasteiger partial charge in [-0.05, 0) is 38.1 Å².